The molecule has 6 heteroatoms. The Morgan fingerprint density at radius 1 is 1.29 bits per heavy atom. The van der Waals surface area contributed by atoms with Gasteiger partial charge in [0.05, 0.1) is 18.5 Å². The van der Waals surface area contributed by atoms with Crippen molar-refractivity contribution < 1.29 is 9.47 Å². The molecule has 0 spiro atoms. The Bertz CT molecular complexity index is 657. The summed E-state index contributed by atoms with van der Waals surface area (Å²) in [6, 6.07) is 7.49. The number of ether oxygens (including phenoxy) is 2. The van der Waals surface area contributed by atoms with Gasteiger partial charge in [-0.1, -0.05) is 11.6 Å². The maximum atomic E-state index is 5.89. The topological polar surface area (TPSA) is 39.5 Å². The Hall–Kier alpha value is -1.56. The van der Waals surface area contributed by atoms with Gasteiger partial charge in [0.15, 0.2) is 0 Å². The highest BCUT2D eigenvalue weighted by Gasteiger charge is 2.28. The van der Waals surface area contributed by atoms with Crippen LogP contribution in [0.5, 0.6) is 5.75 Å². The van der Waals surface area contributed by atoms with Gasteiger partial charge in [-0.05, 0) is 31.2 Å². The van der Waals surface area contributed by atoms with Crippen molar-refractivity contribution >= 4 is 11.6 Å². The zero-order chi connectivity index (χ0) is 16.9. The molecule has 0 saturated heterocycles. The number of halogens is 1. The summed E-state index contributed by atoms with van der Waals surface area (Å²) in [5.74, 6) is 1.22. The van der Waals surface area contributed by atoms with Crippen LogP contribution in [0.25, 0.3) is 0 Å². The van der Waals surface area contributed by atoms with Crippen LogP contribution in [-0.4, -0.2) is 47.6 Å². The smallest absolute Gasteiger partial charge is 0.119 e. The number of aromatic nitrogens is 2. The maximum absolute atomic E-state index is 5.89. The maximum Gasteiger partial charge on any atom is 0.119 e. The lowest BCUT2D eigenvalue weighted by Gasteiger charge is -2.32. The molecule has 1 aliphatic heterocycles. The number of hydrogen-bond donors (Lipinski definition) is 0. The van der Waals surface area contributed by atoms with Crippen LogP contribution in [-0.2, 0) is 18.3 Å². The summed E-state index contributed by atoms with van der Waals surface area (Å²) >= 11 is 5.89. The first kappa shape index (κ1) is 17.3. The number of nitrogens with zero attached hydrogens (tertiary/aromatic N) is 3. The minimum Gasteiger partial charge on any atom is -0.492 e. The van der Waals surface area contributed by atoms with Gasteiger partial charge in [-0.3, -0.25) is 9.58 Å². The molecule has 5 nitrogen and oxygen atoms in total. The molecular formula is C18H24ClN3O2. The Labute approximate surface area is 148 Å². The van der Waals surface area contributed by atoms with Gasteiger partial charge in [0.2, 0.25) is 0 Å². The molecule has 0 amide bonds. The van der Waals surface area contributed by atoms with E-state index in [1.165, 1.54) is 11.3 Å². The molecule has 1 aromatic carbocycles. The molecule has 130 valence electrons. The average molecular weight is 350 g/mol. The van der Waals surface area contributed by atoms with E-state index in [-0.39, 0.29) is 0 Å². The summed E-state index contributed by atoms with van der Waals surface area (Å²) in [7, 11) is 2.00. The van der Waals surface area contributed by atoms with Gasteiger partial charge < -0.3 is 9.47 Å². The molecule has 0 bridgehead atoms. The number of aryl methyl sites for hydroxylation is 1. The highest BCUT2D eigenvalue weighted by atomic mass is 35.5. The van der Waals surface area contributed by atoms with E-state index in [1.54, 1.807) is 0 Å². The standard InChI is InChI=1S/C18H24ClN3O2/c1-3-23-13-14-11-22(12-18-17(14)10-20-21(18)2)8-9-24-16-6-4-15(19)5-7-16/h4-7,10,14H,3,8-9,11-13H2,1-2H3/t14-/m0/s1. The highest BCUT2D eigenvalue weighted by Crippen LogP contribution is 2.28. The number of rotatable bonds is 7. The summed E-state index contributed by atoms with van der Waals surface area (Å²) in [6.07, 6.45) is 1.99. The van der Waals surface area contributed by atoms with E-state index in [4.69, 9.17) is 21.1 Å². The molecule has 0 N–H and O–H groups in total. The SMILES string of the molecule is CCOC[C@@H]1CN(CCOc2ccc(Cl)cc2)Cc2c1cnn2C. The normalized spacial score (nSPS) is 17.7. The second-order valence-corrected chi connectivity index (χ2v) is 6.50. The largest absolute Gasteiger partial charge is 0.492 e. The Kier molecular flexibility index (Phi) is 5.76. The third-order valence-electron chi connectivity index (χ3n) is 4.40. The predicted molar refractivity (Wildman–Crippen MR) is 94.7 cm³/mol. The van der Waals surface area contributed by atoms with E-state index in [2.05, 4.69) is 10.00 Å². The second-order valence-electron chi connectivity index (χ2n) is 6.06. The van der Waals surface area contributed by atoms with Crippen LogP contribution in [0.1, 0.15) is 24.1 Å². The molecule has 1 aromatic heterocycles. The van der Waals surface area contributed by atoms with Gasteiger partial charge in [-0.25, -0.2) is 0 Å². The molecule has 0 saturated carbocycles. The summed E-state index contributed by atoms with van der Waals surface area (Å²) < 4.78 is 13.5. The van der Waals surface area contributed by atoms with Crippen LogP contribution in [0.2, 0.25) is 5.02 Å². The zero-order valence-corrected chi connectivity index (χ0v) is 15.0. The fourth-order valence-corrected chi connectivity index (χ4v) is 3.22. The van der Waals surface area contributed by atoms with Crippen molar-refractivity contribution in [1.82, 2.24) is 14.7 Å². The van der Waals surface area contributed by atoms with Gasteiger partial charge in [0.1, 0.15) is 12.4 Å². The van der Waals surface area contributed by atoms with E-state index >= 15 is 0 Å². The summed E-state index contributed by atoms with van der Waals surface area (Å²) in [5, 5.41) is 5.14. The van der Waals surface area contributed by atoms with Crippen LogP contribution in [0.4, 0.5) is 0 Å². The minimum absolute atomic E-state index is 0.373. The molecule has 2 heterocycles. The van der Waals surface area contributed by atoms with Gasteiger partial charge in [-0.15, -0.1) is 0 Å². The number of hydrogen-bond acceptors (Lipinski definition) is 4. The lowest BCUT2D eigenvalue weighted by Crippen LogP contribution is -2.38. The zero-order valence-electron chi connectivity index (χ0n) is 14.2. The lowest BCUT2D eigenvalue weighted by molar-refractivity contribution is 0.101. The van der Waals surface area contributed by atoms with Crippen molar-refractivity contribution in [2.75, 3.05) is 32.9 Å². The minimum atomic E-state index is 0.373. The predicted octanol–water partition coefficient (Wildman–Crippen LogP) is 3.09. The van der Waals surface area contributed by atoms with Crippen molar-refractivity contribution in [1.29, 1.82) is 0 Å². The quantitative estimate of drug-likeness (QED) is 0.770. The Morgan fingerprint density at radius 3 is 2.83 bits per heavy atom. The highest BCUT2D eigenvalue weighted by molar-refractivity contribution is 6.30. The van der Waals surface area contributed by atoms with E-state index in [9.17, 15) is 0 Å². The molecule has 0 fully saturated rings. The van der Waals surface area contributed by atoms with Crippen molar-refractivity contribution in [3.05, 3.63) is 46.7 Å². The van der Waals surface area contributed by atoms with Crippen LogP contribution in [0.15, 0.2) is 30.5 Å². The van der Waals surface area contributed by atoms with Crippen molar-refractivity contribution in [2.45, 2.75) is 19.4 Å². The monoisotopic (exact) mass is 349 g/mol. The molecule has 3 rings (SSSR count). The van der Waals surface area contributed by atoms with Crippen LogP contribution in [0.3, 0.4) is 0 Å². The summed E-state index contributed by atoms with van der Waals surface area (Å²) in [6.45, 7) is 6.91. The first-order chi connectivity index (χ1) is 11.7. The Balaban J connectivity index is 1.58. The van der Waals surface area contributed by atoms with Gasteiger partial charge in [0, 0.05) is 49.8 Å². The van der Waals surface area contributed by atoms with E-state index in [0.717, 1.165) is 43.6 Å². The molecule has 1 atom stereocenters. The third kappa shape index (κ3) is 4.09. The molecule has 2 aromatic rings. The number of benzene rings is 1. The number of fused-ring (bicyclic) bond motifs is 1. The molecule has 24 heavy (non-hydrogen) atoms. The first-order valence-corrected chi connectivity index (χ1v) is 8.74. The third-order valence-corrected chi connectivity index (χ3v) is 4.65. The van der Waals surface area contributed by atoms with Crippen LogP contribution in [0, 0.1) is 0 Å². The van der Waals surface area contributed by atoms with Gasteiger partial charge in [-0.2, -0.15) is 5.10 Å². The van der Waals surface area contributed by atoms with Crippen molar-refractivity contribution in [2.24, 2.45) is 7.05 Å². The van der Waals surface area contributed by atoms with Crippen LogP contribution >= 0.6 is 11.6 Å². The average Bonchev–Trinajstić information content (AvgIpc) is 2.96. The van der Waals surface area contributed by atoms with Gasteiger partial charge >= 0.3 is 0 Å². The van der Waals surface area contributed by atoms with Crippen molar-refractivity contribution in [3.8, 4) is 5.75 Å². The molecule has 0 aliphatic carbocycles. The second kappa shape index (κ2) is 8.01. The molecular weight excluding hydrogens is 326 g/mol. The fraction of sp³-hybridized carbons (Fsp3) is 0.500. The van der Waals surface area contributed by atoms with Crippen LogP contribution < -0.4 is 4.74 Å². The Morgan fingerprint density at radius 2 is 2.08 bits per heavy atom. The van der Waals surface area contributed by atoms with E-state index in [1.807, 2.05) is 49.1 Å². The molecule has 0 unspecified atom stereocenters. The summed E-state index contributed by atoms with van der Waals surface area (Å²) in [4.78, 5) is 2.41. The van der Waals surface area contributed by atoms with E-state index in [0.29, 0.717) is 12.5 Å². The lowest BCUT2D eigenvalue weighted by atomic mass is 9.95. The molecule has 1 aliphatic rings. The van der Waals surface area contributed by atoms with Gasteiger partial charge in [0.25, 0.3) is 0 Å². The molecule has 0 radical (unpaired) electrons. The van der Waals surface area contributed by atoms with Crippen molar-refractivity contribution in [3.63, 3.8) is 0 Å². The fourth-order valence-electron chi connectivity index (χ4n) is 3.10. The summed E-state index contributed by atoms with van der Waals surface area (Å²) in [5.41, 5.74) is 2.60. The van der Waals surface area contributed by atoms with E-state index < -0.39 is 0 Å². The first-order valence-electron chi connectivity index (χ1n) is 8.36.